The smallest absolute Gasteiger partial charge is 0.244 e. The molecule has 0 aliphatic carbocycles. The third-order valence-corrected chi connectivity index (χ3v) is 5.16. The second-order valence-corrected chi connectivity index (χ2v) is 7.36. The first kappa shape index (κ1) is 22.0. The lowest BCUT2D eigenvalue weighted by Gasteiger charge is -2.33. The van der Waals surface area contributed by atoms with Gasteiger partial charge in [-0.3, -0.25) is 9.59 Å². The molecule has 2 N–H and O–H groups in total. The Labute approximate surface area is 168 Å². The average Bonchev–Trinajstić information content (AvgIpc) is 2.71. The molecule has 2 amide bonds. The molecular weight excluding hydrogens is 354 g/mol. The molecule has 1 aromatic carbocycles. The Morgan fingerprint density at radius 1 is 1.29 bits per heavy atom. The van der Waals surface area contributed by atoms with E-state index in [1.165, 1.54) is 25.3 Å². The number of nitrogens with one attached hydrogen (secondary N) is 2. The Hall–Kier alpha value is -2.34. The molecular formula is C22H33N3O3. The molecule has 1 aromatic rings. The molecule has 0 radical (unpaired) electrons. The minimum absolute atomic E-state index is 0.155. The molecule has 0 spiro atoms. The molecule has 1 aliphatic heterocycles. The van der Waals surface area contributed by atoms with Crippen LogP contribution < -0.4 is 15.4 Å². The number of amides is 2. The fraction of sp³-hybridized carbons (Fsp3) is 0.545. The van der Waals surface area contributed by atoms with Gasteiger partial charge in [-0.2, -0.15) is 0 Å². The van der Waals surface area contributed by atoms with E-state index in [2.05, 4.69) is 22.5 Å². The molecule has 1 heterocycles. The number of piperidine rings is 1. The van der Waals surface area contributed by atoms with Gasteiger partial charge in [0.15, 0.2) is 0 Å². The SMILES string of the molecule is COc1ccc(/C=C/C(=O)NC(C)C(=O)NCCCN2CCCCC2C)cc1. The minimum atomic E-state index is -0.568. The van der Waals surface area contributed by atoms with Gasteiger partial charge >= 0.3 is 0 Å². The number of carbonyl (C=O) groups excluding carboxylic acids is 2. The van der Waals surface area contributed by atoms with E-state index >= 15 is 0 Å². The molecule has 1 fully saturated rings. The summed E-state index contributed by atoms with van der Waals surface area (Å²) < 4.78 is 5.10. The van der Waals surface area contributed by atoms with Crippen molar-refractivity contribution in [2.75, 3.05) is 26.7 Å². The van der Waals surface area contributed by atoms with E-state index in [9.17, 15) is 9.59 Å². The van der Waals surface area contributed by atoms with E-state index in [0.29, 0.717) is 12.6 Å². The molecule has 2 unspecified atom stereocenters. The van der Waals surface area contributed by atoms with Gasteiger partial charge in [0.2, 0.25) is 11.8 Å². The average molecular weight is 388 g/mol. The van der Waals surface area contributed by atoms with Crippen LogP contribution in [0.15, 0.2) is 30.3 Å². The summed E-state index contributed by atoms with van der Waals surface area (Å²) in [5.41, 5.74) is 0.889. The monoisotopic (exact) mass is 387 g/mol. The predicted octanol–water partition coefficient (Wildman–Crippen LogP) is 2.59. The maximum atomic E-state index is 12.2. The predicted molar refractivity (Wildman–Crippen MR) is 112 cm³/mol. The highest BCUT2D eigenvalue weighted by Crippen LogP contribution is 2.16. The fourth-order valence-corrected chi connectivity index (χ4v) is 3.35. The molecule has 0 aromatic heterocycles. The normalized spacial score (nSPS) is 18.6. The minimum Gasteiger partial charge on any atom is -0.497 e. The third-order valence-electron chi connectivity index (χ3n) is 5.16. The summed E-state index contributed by atoms with van der Waals surface area (Å²) >= 11 is 0. The van der Waals surface area contributed by atoms with E-state index in [-0.39, 0.29) is 11.8 Å². The number of likely N-dealkylation sites (tertiary alicyclic amines) is 1. The van der Waals surface area contributed by atoms with Gasteiger partial charge in [-0.05, 0) is 63.4 Å². The molecule has 2 rings (SSSR count). The van der Waals surface area contributed by atoms with Gasteiger partial charge in [-0.1, -0.05) is 18.6 Å². The van der Waals surface area contributed by atoms with Crippen LogP contribution >= 0.6 is 0 Å². The van der Waals surface area contributed by atoms with Gasteiger partial charge in [0, 0.05) is 25.2 Å². The number of carbonyl (C=O) groups is 2. The van der Waals surface area contributed by atoms with Crippen molar-refractivity contribution in [1.82, 2.24) is 15.5 Å². The number of rotatable bonds is 9. The topological polar surface area (TPSA) is 70.7 Å². The summed E-state index contributed by atoms with van der Waals surface area (Å²) in [6.45, 7) is 6.76. The molecule has 6 nitrogen and oxygen atoms in total. The first-order valence-electron chi connectivity index (χ1n) is 10.1. The maximum absolute atomic E-state index is 12.2. The molecule has 2 atom stereocenters. The van der Waals surface area contributed by atoms with Crippen molar-refractivity contribution >= 4 is 17.9 Å². The molecule has 0 bridgehead atoms. The number of hydrogen-bond donors (Lipinski definition) is 2. The van der Waals surface area contributed by atoms with Crippen LogP contribution in [0, 0.1) is 0 Å². The van der Waals surface area contributed by atoms with Gasteiger partial charge in [-0.25, -0.2) is 0 Å². The van der Waals surface area contributed by atoms with Crippen LogP contribution in [0.2, 0.25) is 0 Å². The molecule has 0 saturated carbocycles. The Kier molecular flexibility index (Phi) is 9.01. The summed E-state index contributed by atoms with van der Waals surface area (Å²) in [6, 6.07) is 7.46. The second kappa shape index (κ2) is 11.5. The van der Waals surface area contributed by atoms with Crippen LogP contribution in [0.3, 0.4) is 0 Å². The zero-order chi connectivity index (χ0) is 20.4. The van der Waals surface area contributed by atoms with Crippen molar-refractivity contribution in [3.05, 3.63) is 35.9 Å². The Morgan fingerprint density at radius 2 is 2.04 bits per heavy atom. The van der Waals surface area contributed by atoms with Crippen LogP contribution in [-0.2, 0) is 9.59 Å². The molecule has 1 aliphatic rings. The van der Waals surface area contributed by atoms with Crippen molar-refractivity contribution in [3.63, 3.8) is 0 Å². The highest BCUT2D eigenvalue weighted by Gasteiger charge is 2.18. The second-order valence-electron chi connectivity index (χ2n) is 7.36. The lowest BCUT2D eigenvalue weighted by Crippen LogP contribution is -2.45. The zero-order valence-electron chi connectivity index (χ0n) is 17.2. The summed E-state index contributed by atoms with van der Waals surface area (Å²) in [5, 5.41) is 5.61. The lowest BCUT2D eigenvalue weighted by molar-refractivity contribution is -0.126. The zero-order valence-corrected chi connectivity index (χ0v) is 17.2. The van der Waals surface area contributed by atoms with Gasteiger partial charge in [-0.15, -0.1) is 0 Å². The van der Waals surface area contributed by atoms with Crippen molar-refractivity contribution in [3.8, 4) is 5.75 Å². The van der Waals surface area contributed by atoms with Crippen molar-refractivity contribution < 1.29 is 14.3 Å². The molecule has 1 saturated heterocycles. The number of nitrogens with zero attached hydrogens (tertiary/aromatic N) is 1. The van der Waals surface area contributed by atoms with Crippen molar-refractivity contribution in [2.24, 2.45) is 0 Å². The summed E-state index contributed by atoms with van der Waals surface area (Å²) in [6.07, 6.45) is 7.92. The largest absolute Gasteiger partial charge is 0.497 e. The molecule has 6 heteroatoms. The first-order chi connectivity index (χ1) is 13.5. The number of benzene rings is 1. The van der Waals surface area contributed by atoms with E-state index in [0.717, 1.165) is 30.8 Å². The maximum Gasteiger partial charge on any atom is 0.244 e. The molecule has 28 heavy (non-hydrogen) atoms. The van der Waals surface area contributed by atoms with E-state index < -0.39 is 6.04 Å². The Bertz CT molecular complexity index is 657. The van der Waals surface area contributed by atoms with Gasteiger partial charge < -0.3 is 20.3 Å². The standard InChI is InChI=1S/C22H33N3O3/c1-17-7-4-5-15-25(17)16-6-14-23-22(27)18(2)24-21(26)13-10-19-8-11-20(28-3)12-9-19/h8-13,17-18H,4-7,14-16H2,1-3H3,(H,23,27)(H,24,26)/b13-10+. The summed E-state index contributed by atoms with van der Waals surface area (Å²) in [4.78, 5) is 26.7. The lowest BCUT2D eigenvalue weighted by atomic mass is 10.0. The first-order valence-corrected chi connectivity index (χ1v) is 10.1. The third kappa shape index (κ3) is 7.35. The summed E-state index contributed by atoms with van der Waals surface area (Å²) in [5.74, 6) is 0.320. The van der Waals surface area contributed by atoms with Gasteiger partial charge in [0.25, 0.3) is 0 Å². The van der Waals surface area contributed by atoms with Crippen LogP contribution in [-0.4, -0.2) is 55.5 Å². The fourth-order valence-electron chi connectivity index (χ4n) is 3.35. The highest BCUT2D eigenvalue weighted by atomic mass is 16.5. The van der Waals surface area contributed by atoms with Gasteiger partial charge in [0.1, 0.15) is 11.8 Å². The van der Waals surface area contributed by atoms with Crippen LogP contribution in [0.4, 0.5) is 0 Å². The van der Waals surface area contributed by atoms with E-state index in [4.69, 9.17) is 4.74 Å². The van der Waals surface area contributed by atoms with Crippen LogP contribution in [0.25, 0.3) is 6.08 Å². The van der Waals surface area contributed by atoms with Crippen LogP contribution in [0.5, 0.6) is 5.75 Å². The Morgan fingerprint density at radius 3 is 2.71 bits per heavy atom. The van der Waals surface area contributed by atoms with Crippen LogP contribution in [0.1, 0.15) is 45.1 Å². The van der Waals surface area contributed by atoms with Crippen molar-refractivity contribution in [1.29, 1.82) is 0 Å². The quantitative estimate of drug-likeness (QED) is 0.505. The summed E-state index contributed by atoms with van der Waals surface area (Å²) in [7, 11) is 1.61. The number of hydrogen-bond acceptors (Lipinski definition) is 4. The van der Waals surface area contributed by atoms with E-state index in [1.54, 1.807) is 20.1 Å². The van der Waals surface area contributed by atoms with Gasteiger partial charge in [0.05, 0.1) is 7.11 Å². The van der Waals surface area contributed by atoms with Crippen molar-refractivity contribution in [2.45, 2.75) is 51.6 Å². The number of methoxy groups -OCH3 is 1. The number of ether oxygens (including phenoxy) is 1. The molecule has 154 valence electrons. The van der Waals surface area contributed by atoms with E-state index in [1.807, 2.05) is 24.3 Å². The highest BCUT2D eigenvalue weighted by molar-refractivity contribution is 5.95. The Balaban J connectivity index is 1.66.